The molecule has 1 rings (SSSR count). The van der Waals surface area contributed by atoms with Gasteiger partial charge in [-0.2, -0.15) is 0 Å². The molecule has 0 fully saturated rings. The molecule has 54 valence electrons. The molecular weight excluding hydrogens is 128 g/mol. The first kappa shape index (κ1) is 7.02. The Balaban J connectivity index is 2.55. The van der Waals surface area contributed by atoms with Crippen LogP contribution in [0.25, 0.3) is 6.08 Å². The summed E-state index contributed by atoms with van der Waals surface area (Å²) >= 11 is 0. The molecule has 0 aliphatic rings. The quantitative estimate of drug-likeness (QED) is 0.664. The van der Waals surface area contributed by atoms with Gasteiger partial charge in [-0.25, -0.2) is 0 Å². The van der Waals surface area contributed by atoms with Crippen LogP contribution in [-0.2, 0) is 0 Å². The molecule has 3 heteroatoms. The van der Waals surface area contributed by atoms with Crippen molar-refractivity contribution < 1.29 is 4.52 Å². The Morgan fingerprint density at radius 3 is 3.10 bits per heavy atom. The zero-order valence-electron chi connectivity index (χ0n) is 5.82. The Labute approximate surface area is 59.5 Å². The summed E-state index contributed by atoms with van der Waals surface area (Å²) in [4.78, 5) is 0. The Kier molecular flexibility index (Phi) is 2.23. The fourth-order valence-corrected chi connectivity index (χ4v) is 0.558. The molecule has 1 atom stereocenters. The molecular formula is C7H10N2O. The predicted octanol–water partition coefficient (Wildman–Crippen LogP) is 1.04. The molecule has 0 saturated heterocycles. The van der Waals surface area contributed by atoms with Crippen molar-refractivity contribution in [1.29, 1.82) is 0 Å². The summed E-state index contributed by atoms with van der Waals surface area (Å²) in [5.41, 5.74) is 6.27. The Morgan fingerprint density at radius 2 is 2.60 bits per heavy atom. The Hall–Kier alpha value is -1.09. The van der Waals surface area contributed by atoms with Gasteiger partial charge in [-0.05, 0) is 13.0 Å². The minimum absolute atomic E-state index is 0.0664. The molecule has 0 bridgehead atoms. The van der Waals surface area contributed by atoms with Gasteiger partial charge in [0.05, 0.1) is 0 Å². The van der Waals surface area contributed by atoms with Gasteiger partial charge in [0.2, 0.25) is 0 Å². The van der Waals surface area contributed by atoms with E-state index in [4.69, 9.17) is 5.73 Å². The normalized spacial score (nSPS) is 14.2. The van der Waals surface area contributed by atoms with E-state index in [1.165, 1.54) is 6.26 Å². The van der Waals surface area contributed by atoms with Crippen molar-refractivity contribution >= 4 is 6.08 Å². The van der Waals surface area contributed by atoms with Gasteiger partial charge in [-0.1, -0.05) is 11.2 Å². The number of nitrogens with zero attached hydrogens (tertiary/aromatic N) is 1. The number of rotatable bonds is 2. The van der Waals surface area contributed by atoms with E-state index in [-0.39, 0.29) is 6.04 Å². The predicted molar refractivity (Wildman–Crippen MR) is 39.2 cm³/mol. The lowest BCUT2D eigenvalue weighted by Gasteiger charge is -1.90. The maximum atomic E-state index is 5.46. The van der Waals surface area contributed by atoms with Gasteiger partial charge in [0, 0.05) is 12.1 Å². The van der Waals surface area contributed by atoms with E-state index in [9.17, 15) is 0 Å². The second-order valence-corrected chi connectivity index (χ2v) is 2.14. The molecule has 0 amide bonds. The Bertz CT molecular complexity index is 201. The molecule has 0 saturated carbocycles. The van der Waals surface area contributed by atoms with E-state index in [0.29, 0.717) is 0 Å². The van der Waals surface area contributed by atoms with Crippen LogP contribution in [0.2, 0.25) is 0 Å². The van der Waals surface area contributed by atoms with Crippen LogP contribution >= 0.6 is 0 Å². The van der Waals surface area contributed by atoms with Crippen molar-refractivity contribution in [2.75, 3.05) is 0 Å². The van der Waals surface area contributed by atoms with Crippen molar-refractivity contribution in [1.82, 2.24) is 5.16 Å². The zero-order valence-corrected chi connectivity index (χ0v) is 5.82. The van der Waals surface area contributed by atoms with Gasteiger partial charge in [-0.3, -0.25) is 0 Å². The van der Waals surface area contributed by atoms with E-state index in [1.54, 1.807) is 6.07 Å². The van der Waals surface area contributed by atoms with Gasteiger partial charge in [0.25, 0.3) is 0 Å². The fraction of sp³-hybridized carbons (Fsp3) is 0.286. The minimum atomic E-state index is 0.0664. The van der Waals surface area contributed by atoms with E-state index >= 15 is 0 Å². The standard InChI is InChI=1S/C7H10N2O/c1-6(8)2-3-7-4-5-10-9-7/h2-6H,8H2,1H3/b3-2+. The SMILES string of the molecule is CC(N)/C=C/c1ccon1. The second kappa shape index (κ2) is 3.17. The Morgan fingerprint density at radius 1 is 1.80 bits per heavy atom. The average molecular weight is 138 g/mol. The van der Waals surface area contributed by atoms with Crippen LogP contribution in [0.5, 0.6) is 0 Å². The molecule has 1 unspecified atom stereocenters. The molecule has 1 aromatic rings. The lowest BCUT2D eigenvalue weighted by molar-refractivity contribution is 0.418. The average Bonchev–Trinajstić information content (AvgIpc) is 2.34. The largest absolute Gasteiger partial charge is 0.364 e. The highest BCUT2D eigenvalue weighted by Crippen LogP contribution is 1.97. The number of aromatic nitrogens is 1. The van der Waals surface area contributed by atoms with Crippen LogP contribution in [0.4, 0.5) is 0 Å². The topological polar surface area (TPSA) is 52.0 Å². The van der Waals surface area contributed by atoms with Gasteiger partial charge < -0.3 is 10.3 Å². The highest BCUT2D eigenvalue weighted by Gasteiger charge is 1.88. The summed E-state index contributed by atoms with van der Waals surface area (Å²) in [5, 5.41) is 3.67. The van der Waals surface area contributed by atoms with Crippen LogP contribution in [0.1, 0.15) is 12.6 Å². The van der Waals surface area contributed by atoms with Gasteiger partial charge >= 0.3 is 0 Å². The van der Waals surface area contributed by atoms with Crippen molar-refractivity contribution in [3.63, 3.8) is 0 Å². The maximum absolute atomic E-state index is 5.46. The highest BCUT2D eigenvalue weighted by atomic mass is 16.5. The summed E-state index contributed by atoms with van der Waals surface area (Å²) in [6.07, 6.45) is 5.22. The summed E-state index contributed by atoms with van der Waals surface area (Å²) in [6, 6.07) is 1.84. The van der Waals surface area contributed by atoms with E-state index in [0.717, 1.165) is 5.69 Å². The van der Waals surface area contributed by atoms with Gasteiger partial charge in [0.1, 0.15) is 12.0 Å². The third-order valence-corrected chi connectivity index (χ3v) is 1.03. The molecule has 0 radical (unpaired) electrons. The minimum Gasteiger partial charge on any atom is -0.364 e. The maximum Gasteiger partial charge on any atom is 0.124 e. The van der Waals surface area contributed by atoms with Crippen molar-refractivity contribution in [3.05, 3.63) is 24.1 Å². The van der Waals surface area contributed by atoms with Gasteiger partial charge in [-0.15, -0.1) is 0 Å². The molecule has 0 aliphatic heterocycles. The molecule has 1 heterocycles. The summed E-state index contributed by atoms with van der Waals surface area (Å²) in [7, 11) is 0. The summed E-state index contributed by atoms with van der Waals surface area (Å²) < 4.78 is 4.60. The first-order valence-electron chi connectivity index (χ1n) is 3.13. The van der Waals surface area contributed by atoms with Crippen LogP contribution < -0.4 is 5.73 Å². The van der Waals surface area contributed by atoms with E-state index in [2.05, 4.69) is 9.68 Å². The van der Waals surface area contributed by atoms with E-state index < -0.39 is 0 Å². The van der Waals surface area contributed by atoms with Crippen molar-refractivity contribution in [2.24, 2.45) is 5.73 Å². The number of hydrogen-bond donors (Lipinski definition) is 1. The number of nitrogens with two attached hydrogens (primary N) is 1. The first-order chi connectivity index (χ1) is 4.79. The summed E-state index contributed by atoms with van der Waals surface area (Å²) in [6.45, 7) is 1.90. The lowest BCUT2D eigenvalue weighted by Crippen LogP contribution is -2.09. The van der Waals surface area contributed by atoms with Crippen LogP contribution in [0.15, 0.2) is 22.9 Å². The fourth-order valence-electron chi connectivity index (χ4n) is 0.558. The first-order valence-corrected chi connectivity index (χ1v) is 3.13. The molecule has 0 spiro atoms. The highest BCUT2D eigenvalue weighted by molar-refractivity contribution is 5.43. The van der Waals surface area contributed by atoms with Crippen molar-refractivity contribution in [2.45, 2.75) is 13.0 Å². The molecule has 0 aromatic carbocycles. The zero-order chi connectivity index (χ0) is 7.40. The van der Waals surface area contributed by atoms with E-state index in [1.807, 2.05) is 19.1 Å². The van der Waals surface area contributed by atoms with Crippen molar-refractivity contribution in [3.8, 4) is 0 Å². The lowest BCUT2D eigenvalue weighted by atomic mass is 10.3. The smallest absolute Gasteiger partial charge is 0.124 e. The van der Waals surface area contributed by atoms with Gasteiger partial charge in [0.15, 0.2) is 0 Å². The summed E-state index contributed by atoms with van der Waals surface area (Å²) in [5.74, 6) is 0. The van der Waals surface area contributed by atoms with Crippen LogP contribution in [0, 0.1) is 0 Å². The molecule has 3 nitrogen and oxygen atoms in total. The molecule has 10 heavy (non-hydrogen) atoms. The second-order valence-electron chi connectivity index (χ2n) is 2.14. The van der Waals surface area contributed by atoms with Crippen LogP contribution in [-0.4, -0.2) is 11.2 Å². The third-order valence-electron chi connectivity index (χ3n) is 1.03. The third kappa shape index (κ3) is 2.03. The number of hydrogen-bond acceptors (Lipinski definition) is 3. The molecule has 2 N–H and O–H groups in total. The van der Waals surface area contributed by atoms with Crippen LogP contribution in [0.3, 0.4) is 0 Å². The molecule has 0 aliphatic carbocycles. The molecule has 1 aromatic heterocycles. The monoisotopic (exact) mass is 138 g/mol.